The van der Waals surface area contributed by atoms with Crippen LogP contribution in [0.2, 0.25) is 5.02 Å². The molecule has 0 bridgehead atoms. The molecule has 1 aromatic heterocycles. The molecule has 6 heteroatoms. The molecule has 27 heavy (non-hydrogen) atoms. The molecular formula is C21H25ClN2O3. The first-order valence-corrected chi connectivity index (χ1v) is 9.40. The van der Waals surface area contributed by atoms with Crippen LogP contribution in [0.15, 0.2) is 42.7 Å². The van der Waals surface area contributed by atoms with Crippen molar-refractivity contribution in [3.63, 3.8) is 0 Å². The van der Waals surface area contributed by atoms with Gasteiger partial charge in [0.2, 0.25) is 5.91 Å². The summed E-state index contributed by atoms with van der Waals surface area (Å²) in [6.45, 7) is 6.90. The van der Waals surface area contributed by atoms with Gasteiger partial charge in [-0.1, -0.05) is 18.5 Å². The van der Waals surface area contributed by atoms with E-state index < -0.39 is 0 Å². The molecule has 1 unspecified atom stereocenters. The fourth-order valence-corrected chi connectivity index (χ4v) is 2.73. The maximum atomic E-state index is 12.2. The number of rotatable bonds is 9. The van der Waals surface area contributed by atoms with E-state index in [0.29, 0.717) is 29.7 Å². The summed E-state index contributed by atoms with van der Waals surface area (Å²) in [5, 5.41) is 3.38. The van der Waals surface area contributed by atoms with Gasteiger partial charge in [-0.05, 0) is 61.7 Å². The maximum absolute atomic E-state index is 12.2. The molecule has 1 atom stereocenters. The summed E-state index contributed by atoms with van der Waals surface area (Å²) >= 11 is 6.34. The lowest BCUT2D eigenvalue weighted by atomic mass is 10.1. The van der Waals surface area contributed by atoms with Crippen molar-refractivity contribution in [2.75, 3.05) is 13.2 Å². The van der Waals surface area contributed by atoms with Gasteiger partial charge in [0.05, 0.1) is 24.3 Å². The molecule has 144 valence electrons. The van der Waals surface area contributed by atoms with E-state index in [1.807, 2.05) is 39.0 Å². The van der Waals surface area contributed by atoms with Crippen LogP contribution in [0.5, 0.6) is 11.5 Å². The van der Waals surface area contributed by atoms with Gasteiger partial charge >= 0.3 is 0 Å². The standard InChI is InChI=1S/C21H25ClN2O3/c1-4-12-27-21-18(22)13-16(14-19(21)26-5-2)6-7-20(25)24-15(3)17-8-10-23-11-9-17/h6-11,13-15H,4-5,12H2,1-3H3,(H,24,25)/b7-6+. The molecule has 0 saturated heterocycles. The van der Waals surface area contributed by atoms with Gasteiger partial charge in [-0.3, -0.25) is 9.78 Å². The fraction of sp³-hybridized carbons (Fsp3) is 0.333. The highest BCUT2D eigenvalue weighted by Crippen LogP contribution is 2.37. The molecule has 2 rings (SSSR count). The van der Waals surface area contributed by atoms with E-state index in [1.54, 1.807) is 24.5 Å². The smallest absolute Gasteiger partial charge is 0.244 e. The largest absolute Gasteiger partial charge is 0.490 e. The lowest BCUT2D eigenvalue weighted by molar-refractivity contribution is -0.117. The first-order chi connectivity index (χ1) is 13.0. The zero-order valence-corrected chi connectivity index (χ0v) is 16.6. The second-order valence-electron chi connectivity index (χ2n) is 5.96. The van der Waals surface area contributed by atoms with Crippen LogP contribution in [0, 0.1) is 0 Å². The Morgan fingerprint density at radius 2 is 2.00 bits per heavy atom. The number of nitrogens with zero attached hydrogens (tertiary/aromatic N) is 1. The molecule has 5 nitrogen and oxygen atoms in total. The Hall–Kier alpha value is -2.53. The SMILES string of the molecule is CCCOc1c(Cl)cc(/C=C/C(=O)NC(C)c2ccncc2)cc1OCC. The van der Waals surface area contributed by atoms with Crippen LogP contribution in [0.1, 0.15) is 44.4 Å². The van der Waals surface area contributed by atoms with Crippen LogP contribution >= 0.6 is 11.6 Å². The molecule has 0 aliphatic rings. The van der Waals surface area contributed by atoms with E-state index in [-0.39, 0.29) is 11.9 Å². The number of benzene rings is 1. The second-order valence-corrected chi connectivity index (χ2v) is 6.36. The molecular weight excluding hydrogens is 364 g/mol. The first-order valence-electron chi connectivity index (χ1n) is 9.02. The van der Waals surface area contributed by atoms with Crippen molar-refractivity contribution in [1.29, 1.82) is 0 Å². The number of ether oxygens (including phenoxy) is 2. The Labute approximate surface area is 165 Å². The van der Waals surface area contributed by atoms with Gasteiger partial charge in [-0.15, -0.1) is 0 Å². The number of hydrogen-bond acceptors (Lipinski definition) is 4. The molecule has 2 aromatic rings. The molecule has 0 aliphatic carbocycles. The van der Waals surface area contributed by atoms with Crippen LogP contribution in [-0.2, 0) is 4.79 Å². The number of halogens is 1. The fourth-order valence-electron chi connectivity index (χ4n) is 2.46. The van der Waals surface area contributed by atoms with E-state index in [9.17, 15) is 4.79 Å². The van der Waals surface area contributed by atoms with Crippen molar-refractivity contribution < 1.29 is 14.3 Å². The molecule has 1 heterocycles. The Balaban J connectivity index is 2.09. The van der Waals surface area contributed by atoms with Crippen LogP contribution < -0.4 is 14.8 Å². The number of carbonyl (C=O) groups excluding carboxylic acids is 1. The van der Waals surface area contributed by atoms with Gasteiger partial charge < -0.3 is 14.8 Å². The average Bonchev–Trinajstić information content (AvgIpc) is 2.66. The normalized spacial score (nSPS) is 12.0. The molecule has 0 fully saturated rings. The van der Waals surface area contributed by atoms with E-state index in [0.717, 1.165) is 17.5 Å². The molecule has 0 saturated carbocycles. The van der Waals surface area contributed by atoms with Crippen molar-refractivity contribution >= 4 is 23.6 Å². The Kier molecular flexibility index (Phi) is 8.14. The van der Waals surface area contributed by atoms with Crippen LogP contribution in [0.25, 0.3) is 6.08 Å². The quantitative estimate of drug-likeness (QED) is 0.626. The summed E-state index contributed by atoms with van der Waals surface area (Å²) in [7, 11) is 0. The Bertz CT molecular complexity index is 778. The van der Waals surface area contributed by atoms with Gasteiger partial charge in [0.25, 0.3) is 0 Å². The highest BCUT2D eigenvalue weighted by atomic mass is 35.5. The minimum atomic E-state index is -0.195. The van der Waals surface area contributed by atoms with Gasteiger partial charge in [0, 0.05) is 18.5 Å². The van der Waals surface area contributed by atoms with Crippen molar-refractivity contribution in [3.8, 4) is 11.5 Å². The zero-order chi connectivity index (χ0) is 19.6. The third-order valence-corrected chi connectivity index (χ3v) is 4.06. The highest BCUT2D eigenvalue weighted by Gasteiger charge is 2.12. The summed E-state index contributed by atoms with van der Waals surface area (Å²) in [6.07, 6.45) is 7.46. The minimum Gasteiger partial charge on any atom is -0.490 e. The van der Waals surface area contributed by atoms with Crippen LogP contribution in [0.4, 0.5) is 0 Å². The molecule has 0 spiro atoms. The predicted octanol–water partition coefficient (Wildman–Crippen LogP) is 4.81. The number of aromatic nitrogens is 1. The van der Waals surface area contributed by atoms with Crippen molar-refractivity contribution in [2.45, 2.75) is 33.2 Å². The van der Waals surface area contributed by atoms with E-state index in [1.165, 1.54) is 6.08 Å². The first kappa shape index (κ1) is 20.8. The van der Waals surface area contributed by atoms with Crippen molar-refractivity contribution in [2.24, 2.45) is 0 Å². The second kappa shape index (κ2) is 10.6. The number of amides is 1. The topological polar surface area (TPSA) is 60.5 Å². The van der Waals surface area contributed by atoms with E-state index in [2.05, 4.69) is 10.3 Å². The Morgan fingerprint density at radius 3 is 2.67 bits per heavy atom. The molecule has 1 aromatic carbocycles. The van der Waals surface area contributed by atoms with Gasteiger partial charge in [0.15, 0.2) is 11.5 Å². The molecule has 0 aliphatic heterocycles. The van der Waals surface area contributed by atoms with E-state index >= 15 is 0 Å². The number of carbonyl (C=O) groups is 1. The van der Waals surface area contributed by atoms with Gasteiger partial charge in [0.1, 0.15) is 0 Å². The molecule has 1 amide bonds. The predicted molar refractivity (Wildman–Crippen MR) is 108 cm³/mol. The summed E-state index contributed by atoms with van der Waals surface area (Å²) in [5.74, 6) is 0.914. The summed E-state index contributed by atoms with van der Waals surface area (Å²) in [4.78, 5) is 16.2. The van der Waals surface area contributed by atoms with Crippen LogP contribution in [-0.4, -0.2) is 24.1 Å². The summed E-state index contributed by atoms with van der Waals surface area (Å²) in [5.41, 5.74) is 1.75. The number of pyridine rings is 1. The summed E-state index contributed by atoms with van der Waals surface area (Å²) < 4.78 is 11.3. The van der Waals surface area contributed by atoms with Crippen LogP contribution in [0.3, 0.4) is 0 Å². The van der Waals surface area contributed by atoms with Gasteiger partial charge in [-0.25, -0.2) is 0 Å². The minimum absolute atomic E-state index is 0.113. The highest BCUT2D eigenvalue weighted by molar-refractivity contribution is 6.32. The number of hydrogen-bond donors (Lipinski definition) is 1. The van der Waals surface area contributed by atoms with Crippen molar-refractivity contribution in [1.82, 2.24) is 10.3 Å². The lowest BCUT2D eigenvalue weighted by Crippen LogP contribution is -2.24. The zero-order valence-electron chi connectivity index (χ0n) is 15.9. The summed E-state index contributed by atoms with van der Waals surface area (Å²) in [6, 6.07) is 7.20. The van der Waals surface area contributed by atoms with E-state index in [4.69, 9.17) is 21.1 Å². The number of nitrogens with one attached hydrogen (secondary N) is 1. The van der Waals surface area contributed by atoms with Gasteiger partial charge in [-0.2, -0.15) is 0 Å². The average molecular weight is 389 g/mol. The molecule has 0 radical (unpaired) electrons. The van der Waals surface area contributed by atoms with Crippen molar-refractivity contribution in [3.05, 3.63) is 58.9 Å². The Morgan fingerprint density at radius 1 is 1.26 bits per heavy atom. The third-order valence-electron chi connectivity index (χ3n) is 3.77. The molecule has 1 N–H and O–H groups in total. The third kappa shape index (κ3) is 6.29. The monoisotopic (exact) mass is 388 g/mol. The lowest BCUT2D eigenvalue weighted by Gasteiger charge is -2.14. The maximum Gasteiger partial charge on any atom is 0.244 e.